The Morgan fingerprint density at radius 1 is 0.476 bits per heavy atom. The van der Waals surface area contributed by atoms with E-state index < -0.39 is 186 Å². The number of nitrogens with one attached hydrogen (secondary N) is 3. The van der Waals surface area contributed by atoms with Gasteiger partial charge in [-0.2, -0.15) is 0 Å². The lowest BCUT2D eigenvalue weighted by Crippen LogP contribution is -2.67. The number of allylic oxidation sites excluding steroid dienone is 2. The molecule has 0 fully saturated rings. The zero-order valence-corrected chi connectivity index (χ0v) is 80.8. The van der Waals surface area contributed by atoms with Gasteiger partial charge in [-0.25, -0.2) is 9.59 Å². The molecule has 0 saturated heterocycles. The SMILES string of the molecule is C/C=C/C[C@@H](C)[C@@H](OC(C)=O)[C@@H](C(=O)N[C@@H](CC)C(=O)OCCN(C)C(C)=O)N(C)C(=O)[C@H](C(C)C)N(C)C(=O)[C@H](CC(C)C)N(C)C(=O)[C@H](CC(C)C)N(C)C(=O)[C@@H](C)NC(=O)[C@H](C)NC(=O)[C@H](CC(C)C)N(C)C(=O)[C@@H](CC(=O)[C@H]([C@@H](C)CO[Si](c1ccccc1)(c1ccccc1)C(C)(C)C)N(C)C(=O)[C@@H](C)N(C)C(=O)OCc1ccccc1)C(C)C. The van der Waals surface area contributed by atoms with Crippen molar-refractivity contribution in [1.29, 1.82) is 0 Å². The highest BCUT2D eigenvalue weighted by atomic mass is 28.4. The number of carbonyl (C=O) groups excluding carboxylic acids is 14. The molecule has 30 heteroatoms. The van der Waals surface area contributed by atoms with Crippen LogP contribution in [0.3, 0.4) is 0 Å². The van der Waals surface area contributed by atoms with E-state index in [1.165, 1.54) is 111 Å². The summed E-state index contributed by atoms with van der Waals surface area (Å²) in [5.74, 6) is -12.6. The fourth-order valence-electron chi connectivity index (χ4n) is 15.7. The average molecular weight is 1750 g/mol. The van der Waals surface area contributed by atoms with Crippen molar-refractivity contribution in [3.8, 4) is 0 Å². The molecule has 0 radical (unpaired) electrons. The second kappa shape index (κ2) is 50.3. The Bertz CT molecular complexity index is 4010. The summed E-state index contributed by atoms with van der Waals surface area (Å²) >= 11 is 0. The normalized spacial score (nSPS) is 15.2. The molecule has 0 aliphatic heterocycles. The van der Waals surface area contributed by atoms with Crippen molar-refractivity contribution in [2.24, 2.45) is 47.3 Å². The molecule has 3 rings (SSSR count). The Hall–Kier alpha value is -9.84. The lowest BCUT2D eigenvalue weighted by Gasteiger charge is -2.44. The largest absolute Gasteiger partial charge is 0.462 e. The third-order valence-electron chi connectivity index (χ3n) is 23.3. The van der Waals surface area contributed by atoms with E-state index in [2.05, 4.69) is 61.0 Å². The first-order valence-electron chi connectivity index (χ1n) is 43.7. The van der Waals surface area contributed by atoms with Gasteiger partial charge in [0.05, 0.1) is 12.6 Å². The second-order valence-corrected chi connectivity index (χ2v) is 40.7. The third kappa shape index (κ3) is 30.2. The Kier molecular flexibility index (Phi) is 44.0. The van der Waals surface area contributed by atoms with Gasteiger partial charge in [0.2, 0.25) is 59.1 Å². The summed E-state index contributed by atoms with van der Waals surface area (Å²) in [7, 11) is 8.36. The molecular weight excluding hydrogens is 1600 g/mol. The number of Topliss-reactive ketones (excluding diaryl/α,β-unsaturated/α-hetero) is 1. The Morgan fingerprint density at radius 3 is 1.40 bits per heavy atom. The van der Waals surface area contributed by atoms with Gasteiger partial charge in [0.25, 0.3) is 8.32 Å². The van der Waals surface area contributed by atoms with Crippen molar-refractivity contribution in [2.45, 2.75) is 269 Å². The molecule has 692 valence electrons. The molecule has 11 amide bonds. The molecule has 3 N–H and O–H groups in total. The molecule has 0 aromatic heterocycles. The molecule has 0 aliphatic rings. The molecule has 0 unspecified atom stereocenters. The quantitative estimate of drug-likeness (QED) is 0.0205. The maximum Gasteiger partial charge on any atom is 0.410 e. The highest BCUT2D eigenvalue weighted by Gasteiger charge is 2.52. The van der Waals surface area contributed by atoms with Gasteiger partial charge in [0.1, 0.15) is 73.7 Å². The number of rotatable bonds is 48. The molecule has 0 heterocycles. The summed E-state index contributed by atoms with van der Waals surface area (Å²) in [6.45, 7) is 38.4. The van der Waals surface area contributed by atoms with E-state index in [9.17, 15) is 43.2 Å². The van der Waals surface area contributed by atoms with Crippen LogP contribution in [-0.2, 0) is 87.6 Å². The van der Waals surface area contributed by atoms with Crippen LogP contribution in [0.2, 0.25) is 5.04 Å². The van der Waals surface area contributed by atoms with Crippen molar-refractivity contribution in [3.05, 3.63) is 109 Å². The molecule has 124 heavy (non-hydrogen) atoms. The van der Waals surface area contributed by atoms with E-state index in [0.717, 1.165) is 20.8 Å². The zero-order valence-electron chi connectivity index (χ0n) is 79.8. The fraction of sp³-hybridized carbons (Fsp3) is 0.638. The number of amides is 11. The summed E-state index contributed by atoms with van der Waals surface area (Å²) < 4.78 is 24.4. The van der Waals surface area contributed by atoms with Crippen LogP contribution in [0.1, 0.15) is 196 Å². The first-order chi connectivity index (χ1) is 57.8. The highest BCUT2D eigenvalue weighted by Crippen LogP contribution is 2.38. The van der Waals surface area contributed by atoms with E-state index in [4.69, 9.17) is 18.6 Å². The first-order valence-corrected chi connectivity index (χ1v) is 45.6. The van der Waals surface area contributed by atoms with Crippen LogP contribution in [0, 0.1) is 47.3 Å². The molecule has 29 nitrogen and oxygen atoms in total. The summed E-state index contributed by atoms with van der Waals surface area (Å²) in [5, 5.41) is 9.72. The van der Waals surface area contributed by atoms with E-state index in [-0.39, 0.29) is 82.1 Å². The number of hydrogen-bond donors (Lipinski definition) is 3. The van der Waals surface area contributed by atoms with Crippen LogP contribution in [0.25, 0.3) is 0 Å². The van der Waals surface area contributed by atoms with Crippen molar-refractivity contribution in [2.75, 3.05) is 76.1 Å². The smallest absolute Gasteiger partial charge is 0.410 e. The minimum Gasteiger partial charge on any atom is -0.462 e. The van der Waals surface area contributed by atoms with Crippen molar-refractivity contribution < 1.29 is 85.8 Å². The Labute approximate surface area is 740 Å². The number of hydrogen-bond acceptors (Lipinski definition) is 18. The molecular formula is C94H149N11O18Si. The molecule has 0 spiro atoms. The summed E-state index contributed by atoms with van der Waals surface area (Å²) in [6.07, 6.45) is 1.82. The number of ether oxygens (including phenoxy) is 3. The molecule has 3 aromatic carbocycles. The second-order valence-electron chi connectivity index (χ2n) is 36.4. The van der Waals surface area contributed by atoms with E-state index >= 15 is 24.0 Å². The first kappa shape index (κ1) is 108. The fourth-order valence-corrected chi connectivity index (χ4v) is 20.3. The summed E-state index contributed by atoms with van der Waals surface area (Å²) in [4.78, 5) is 213. The summed E-state index contributed by atoms with van der Waals surface area (Å²) in [5.41, 5.74) is 0.742. The van der Waals surface area contributed by atoms with Crippen molar-refractivity contribution >= 4 is 102 Å². The van der Waals surface area contributed by atoms with Crippen LogP contribution in [0.15, 0.2) is 103 Å². The average Bonchev–Trinajstić information content (AvgIpc) is 0.744. The standard InChI is InChI=1S/C94H149N11O18Si/c1-31-33-43-63(13)82(123-69(19)107)81(85(111)97-74(32-2)92(118)120-51-50-98(23)68(18)106)105(30)91(117)79(62(11)12)103(28)90(116)77(54-60(7)8)102(27)89(115)76(53-59(5)6)101(26)86(112)66(16)96-83(109)65(15)95-84(110)75(52-58(3)4)100(25)88(114)73(61(9)10)55-78(108)80(104(29)87(113)67(17)99(24)93(119)121-57-70-44-37-34-38-45-70)64(14)56-122-124(94(20,21)22,71-46-39-35-40-47-71)72-48-41-36-42-49-72/h31,33-42,44-49,58-67,73-77,79-82H,32,43,50-57H2,1-30H3,(H,95,110)(H,96,109)(H,97,111)/b33-31+/t63-,64+,65+,66-,67-,73+,74+,75+,76+,77+,79+,80+,81+,82-/m1/s1. The maximum atomic E-state index is 15.7. The summed E-state index contributed by atoms with van der Waals surface area (Å²) in [6, 6.07) is 16.3. The van der Waals surface area contributed by atoms with Crippen LogP contribution < -0.4 is 26.3 Å². The van der Waals surface area contributed by atoms with Crippen LogP contribution in [0.5, 0.6) is 0 Å². The van der Waals surface area contributed by atoms with Gasteiger partial charge in [-0.1, -0.05) is 214 Å². The highest BCUT2D eigenvalue weighted by molar-refractivity contribution is 6.99. The molecule has 0 bridgehead atoms. The van der Waals surface area contributed by atoms with Crippen LogP contribution >= 0.6 is 0 Å². The van der Waals surface area contributed by atoms with E-state index in [0.29, 0.717) is 6.42 Å². The third-order valence-corrected chi connectivity index (χ3v) is 28.3. The maximum absolute atomic E-state index is 15.7. The predicted molar refractivity (Wildman–Crippen MR) is 483 cm³/mol. The minimum absolute atomic E-state index is 0.00718. The number of nitrogens with zero attached hydrogens (tertiary/aromatic N) is 8. The molecule has 3 aromatic rings. The van der Waals surface area contributed by atoms with Gasteiger partial charge < -0.3 is 68.9 Å². The van der Waals surface area contributed by atoms with Gasteiger partial charge in [0.15, 0.2) is 5.78 Å². The zero-order chi connectivity index (χ0) is 94.4. The van der Waals surface area contributed by atoms with Crippen LogP contribution in [0.4, 0.5) is 4.79 Å². The van der Waals surface area contributed by atoms with Crippen molar-refractivity contribution in [3.63, 3.8) is 0 Å². The predicted octanol–water partition coefficient (Wildman–Crippen LogP) is 9.30. The number of likely N-dealkylation sites (N-methyl/N-ethyl adjacent to an activating group) is 8. The number of ketones is 1. The number of benzene rings is 3. The monoisotopic (exact) mass is 1750 g/mol. The lowest BCUT2D eigenvalue weighted by molar-refractivity contribution is -0.164. The molecule has 14 atom stereocenters. The Morgan fingerprint density at radius 2 is 0.935 bits per heavy atom. The van der Waals surface area contributed by atoms with E-state index in [1.54, 1.807) is 68.5 Å². The number of carbonyl (C=O) groups is 14. The van der Waals surface area contributed by atoms with Gasteiger partial charge in [-0.3, -0.25) is 62.4 Å². The Balaban J connectivity index is 2.02. The number of esters is 2. The van der Waals surface area contributed by atoms with E-state index in [1.807, 2.05) is 121 Å². The van der Waals surface area contributed by atoms with Crippen molar-refractivity contribution in [1.82, 2.24) is 55.1 Å². The lowest BCUT2D eigenvalue weighted by atomic mass is 9.84. The van der Waals surface area contributed by atoms with Gasteiger partial charge >= 0.3 is 18.0 Å². The van der Waals surface area contributed by atoms with Gasteiger partial charge in [-0.05, 0) is 116 Å². The molecule has 0 aliphatic carbocycles. The molecule has 0 saturated carbocycles. The van der Waals surface area contributed by atoms with Crippen LogP contribution in [-0.4, -0.2) is 273 Å². The van der Waals surface area contributed by atoms with Gasteiger partial charge in [-0.15, -0.1) is 0 Å². The minimum atomic E-state index is -3.24. The van der Waals surface area contributed by atoms with Gasteiger partial charge in [0, 0.05) is 95.1 Å². The topological polar surface area (TPSA) is 338 Å².